The van der Waals surface area contributed by atoms with Crippen LogP contribution in [0, 0.1) is 5.92 Å². The zero-order chi connectivity index (χ0) is 13.7. The van der Waals surface area contributed by atoms with Gasteiger partial charge in [0, 0.05) is 25.0 Å². The number of nitrogens with zero attached hydrogens (tertiary/aromatic N) is 1. The van der Waals surface area contributed by atoms with Gasteiger partial charge in [-0.1, -0.05) is 33.6 Å². The molecule has 108 valence electrons. The Morgan fingerprint density at radius 3 is 2.74 bits per heavy atom. The first-order valence-corrected chi connectivity index (χ1v) is 8.20. The number of rotatable bonds is 7. The van der Waals surface area contributed by atoms with Gasteiger partial charge in [0.1, 0.15) is 0 Å². The maximum atomic E-state index is 3.71. The Bertz CT molecular complexity index is 377. The fourth-order valence-electron chi connectivity index (χ4n) is 3.23. The molecule has 1 aromatic rings. The van der Waals surface area contributed by atoms with E-state index in [4.69, 9.17) is 0 Å². The molecule has 0 radical (unpaired) electrons. The molecule has 2 rings (SSSR count). The van der Waals surface area contributed by atoms with Crippen molar-refractivity contribution < 1.29 is 0 Å². The van der Waals surface area contributed by atoms with E-state index in [0.29, 0.717) is 6.04 Å². The third-order valence-electron chi connectivity index (χ3n) is 4.58. The van der Waals surface area contributed by atoms with E-state index in [1.165, 1.54) is 45.1 Å². The van der Waals surface area contributed by atoms with Gasteiger partial charge in [0.05, 0.1) is 0 Å². The van der Waals surface area contributed by atoms with Crippen LogP contribution in [0.5, 0.6) is 0 Å². The first-order chi connectivity index (χ1) is 9.28. The molecule has 1 aliphatic carbocycles. The predicted octanol–water partition coefficient (Wildman–Crippen LogP) is 4.30. The Kier molecular flexibility index (Phi) is 5.50. The van der Waals surface area contributed by atoms with Gasteiger partial charge >= 0.3 is 0 Å². The highest BCUT2D eigenvalue weighted by Gasteiger charge is 2.21. The minimum Gasteiger partial charge on any atom is -0.353 e. The van der Waals surface area contributed by atoms with Gasteiger partial charge in [-0.05, 0) is 49.3 Å². The van der Waals surface area contributed by atoms with Crippen LogP contribution in [-0.2, 0) is 13.0 Å². The molecule has 0 fully saturated rings. The molecule has 1 unspecified atom stereocenters. The van der Waals surface area contributed by atoms with Crippen LogP contribution in [0.4, 0.5) is 0 Å². The quantitative estimate of drug-likeness (QED) is 0.775. The van der Waals surface area contributed by atoms with Crippen LogP contribution in [0.25, 0.3) is 0 Å². The van der Waals surface area contributed by atoms with Gasteiger partial charge in [-0.2, -0.15) is 0 Å². The van der Waals surface area contributed by atoms with Crippen LogP contribution in [-0.4, -0.2) is 11.1 Å². The summed E-state index contributed by atoms with van der Waals surface area (Å²) in [5.41, 5.74) is 3.16. The summed E-state index contributed by atoms with van der Waals surface area (Å²) in [6.07, 6.45) is 12.5. The van der Waals surface area contributed by atoms with Crippen LogP contribution in [0.2, 0.25) is 0 Å². The van der Waals surface area contributed by atoms with Crippen molar-refractivity contribution >= 4 is 0 Å². The summed E-state index contributed by atoms with van der Waals surface area (Å²) in [5.74, 6) is 0.830. The maximum Gasteiger partial charge on any atom is 0.0338 e. The summed E-state index contributed by atoms with van der Waals surface area (Å²) in [7, 11) is 0. The largest absolute Gasteiger partial charge is 0.353 e. The number of fused-ring (bicyclic) bond motifs is 1. The predicted molar refractivity (Wildman–Crippen MR) is 82.5 cm³/mol. The molecule has 1 N–H and O–H groups in total. The molecule has 0 aliphatic heterocycles. The first kappa shape index (κ1) is 14.6. The third kappa shape index (κ3) is 3.62. The Morgan fingerprint density at radius 1 is 1.26 bits per heavy atom. The van der Waals surface area contributed by atoms with Gasteiger partial charge in [-0.15, -0.1) is 0 Å². The molecule has 1 aromatic heterocycles. The Balaban J connectivity index is 2.07. The molecule has 0 spiro atoms. The molecule has 2 heteroatoms. The lowest BCUT2D eigenvalue weighted by atomic mass is 9.91. The van der Waals surface area contributed by atoms with E-state index < -0.39 is 0 Å². The second-order valence-electron chi connectivity index (χ2n) is 6.02. The lowest BCUT2D eigenvalue weighted by Gasteiger charge is -2.23. The number of aromatic nitrogens is 1. The second kappa shape index (κ2) is 7.14. The van der Waals surface area contributed by atoms with Crippen molar-refractivity contribution in [1.82, 2.24) is 9.88 Å². The average Bonchev–Trinajstić information content (AvgIpc) is 2.85. The van der Waals surface area contributed by atoms with Crippen LogP contribution >= 0.6 is 0 Å². The molecule has 0 amide bonds. The molecule has 0 saturated carbocycles. The fourth-order valence-corrected chi connectivity index (χ4v) is 3.23. The van der Waals surface area contributed by atoms with Crippen molar-refractivity contribution in [2.45, 2.75) is 71.9 Å². The van der Waals surface area contributed by atoms with E-state index in [1.807, 2.05) is 0 Å². The summed E-state index contributed by atoms with van der Waals surface area (Å²) in [4.78, 5) is 0. The fraction of sp³-hybridized carbons (Fsp3) is 0.765. The summed E-state index contributed by atoms with van der Waals surface area (Å²) in [5, 5.41) is 3.71. The van der Waals surface area contributed by atoms with Gasteiger partial charge in [0.2, 0.25) is 0 Å². The Labute approximate surface area is 118 Å². The first-order valence-electron chi connectivity index (χ1n) is 8.20. The summed E-state index contributed by atoms with van der Waals surface area (Å²) in [6, 6.07) is 0.603. The van der Waals surface area contributed by atoms with Gasteiger partial charge in [-0.3, -0.25) is 0 Å². The highest BCUT2D eigenvalue weighted by Crippen LogP contribution is 2.31. The monoisotopic (exact) mass is 262 g/mol. The number of hydrogen-bond donors (Lipinski definition) is 1. The van der Waals surface area contributed by atoms with Crippen LogP contribution in [0.1, 0.15) is 70.0 Å². The van der Waals surface area contributed by atoms with Gasteiger partial charge in [0.25, 0.3) is 0 Å². The van der Waals surface area contributed by atoms with Crippen LogP contribution in [0.15, 0.2) is 12.4 Å². The zero-order valence-corrected chi connectivity index (χ0v) is 12.9. The zero-order valence-electron chi connectivity index (χ0n) is 12.9. The van der Waals surface area contributed by atoms with Gasteiger partial charge < -0.3 is 9.88 Å². The molecule has 0 aromatic carbocycles. The van der Waals surface area contributed by atoms with E-state index in [-0.39, 0.29) is 0 Å². The number of aryl methyl sites for hydroxylation is 1. The number of hydrogen-bond acceptors (Lipinski definition) is 1. The Hall–Kier alpha value is -0.760. The van der Waals surface area contributed by atoms with Crippen LogP contribution in [0.3, 0.4) is 0 Å². The van der Waals surface area contributed by atoms with E-state index >= 15 is 0 Å². The molecule has 2 nitrogen and oxygen atoms in total. The average molecular weight is 262 g/mol. The molecular weight excluding hydrogens is 232 g/mol. The molecular formula is C17H30N2. The highest BCUT2D eigenvalue weighted by atomic mass is 15.0. The maximum absolute atomic E-state index is 3.71. The molecule has 0 saturated heterocycles. The number of nitrogens with one attached hydrogen (secondary N) is 1. The lowest BCUT2D eigenvalue weighted by molar-refractivity contribution is 0.418. The molecule has 1 aliphatic rings. The normalized spacial score (nSPS) is 18.8. The minimum absolute atomic E-state index is 0.603. The SMILES string of the molecule is CCCNC1CCCc2cn(CC(CC)CC)cc21. The van der Waals surface area contributed by atoms with Gasteiger partial charge in [-0.25, -0.2) is 0 Å². The van der Waals surface area contributed by atoms with E-state index in [9.17, 15) is 0 Å². The van der Waals surface area contributed by atoms with E-state index in [1.54, 1.807) is 11.1 Å². The molecule has 1 heterocycles. The van der Waals surface area contributed by atoms with E-state index in [0.717, 1.165) is 12.5 Å². The standard InChI is InChI=1S/C17H30N2/c1-4-10-18-17-9-7-8-15-12-19(13-16(15)17)11-14(5-2)6-3/h12-14,17-18H,4-11H2,1-3H3. The van der Waals surface area contributed by atoms with Crippen LogP contribution < -0.4 is 5.32 Å². The van der Waals surface area contributed by atoms with Gasteiger partial charge in [0.15, 0.2) is 0 Å². The van der Waals surface area contributed by atoms with Crippen molar-refractivity contribution in [1.29, 1.82) is 0 Å². The van der Waals surface area contributed by atoms with E-state index in [2.05, 4.69) is 43.0 Å². The molecule has 19 heavy (non-hydrogen) atoms. The summed E-state index contributed by atoms with van der Waals surface area (Å²) < 4.78 is 2.45. The van der Waals surface area contributed by atoms with Crippen molar-refractivity contribution in [2.75, 3.05) is 6.54 Å². The Morgan fingerprint density at radius 2 is 2.05 bits per heavy atom. The third-order valence-corrected chi connectivity index (χ3v) is 4.58. The second-order valence-corrected chi connectivity index (χ2v) is 6.02. The van der Waals surface area contributed by atoms with Crippen molar-refractivity contribution in [2.24, 2.45) is 5.92 Å². The van der Waals surface area contributed by atoms with Crippen molar-refractivity contribution in [3.8, 4) is 0 Å². The molecule has 1 atom stereocenters. The molecule has 0 bridgehead atoms. The smallest absolute Gasteiger partial charge is 0.0338 e. The topological polar surface area (TPSA) is 17.0 Å². The van der Waals surface area contributed by atoms with Crippen molar-refractivity contribution in [3.05, 3.63) is 23.5 Å². The van der Waals surface area contributed by atoms with Crippen molar-refractivity contribution in [3.63, 3.8) is 0 Å². The summed E-state index contributed by atoms with van der Waals surface area (Å²) >= 11 is 0. The highest BCUT2D eigenvalue weighted by molar-refractivity contribution is 5.30. The minimum atomic E-state index is 0.603. The summed E-state index contributed by atoms with van der Waals surface area (Å²) in [6.45, 7) is 9.20. The lowest BCUT2D eigenvalue weighted by Crippen LogP contribution is -2.24.